The van der Waals surface area contributed by atoms with Gasteiger partial charge >= 0.3 is 0 Å². The van der Waals surface area contributed by atoms with Crippen LogP contribution in [-0.2, 0) is 13.0 Å². The molecule has 3 rings (SSSR count). The van der Waals surface area contributed by atoms with Crippen LogP contribution in [0, 0.1) is 13.8 Å². The second kappa shape index (κ2) is 7.56. The molecule has 0 unspecified atom stereocenters. The summed E-state index contributed by atoms with van der Waals surface area (Å²) in [5.41, 5.74) is 5.51. The topological polar surface area (TPSA) is 66.8 Å². The van der Waals surface area contributed by atoms with Crippen molar-refractivity contribution in [1.29, 1.82) is 0 Å². The van der Waals surface area contributed by atoms with E-state index in [1.165, 1.54) is 0 Å². The van der Waals surface area contributed by atoms with Gasteiger partial charge in [0.15, 0.2) is 0 Å². The summed E-state index contributed by atoms with van der Waals surface area (Å²) >= 11 is 0. The summed E-state index contributed by atoms with van der Waals surface area (Å²) in [6.45, 7) is 6.62. The normalized spacial score (nSPS) is 10.9. The lowest BCUT2D eigenvalue weighted by Gasteiger charge is -2.16. The highest BCUT2D eigenvalue weighted by atomic mass is 16.2. The third-order valence-corrected chi connectivity index (χ3v) is 4.55. The maximum atomic E-state index is 12.7. The average molecular weight is 351 g/mol. The molecule has 0 saturated heterocycles. The molecule has 0 bridgehead atoms. The van der Waals surface area contributed by atoms with Gasteiger partial charge in [0.25, 0.3) is 5.91 Å². The van der Waals surface area contributed by atoms with Crippen LogP contribution in [0.2, 0.25) is 0 Å². The van der Waals surface area contributed by atoms with E-state index in [2.05, 4.69) is 22.2 Å². The molecule has 2 aromatic heterocycles. The SMILES string of the molecule is CCCc1cc(C(=O)N(C)Cc2c(C)nn(-c3ccccc3)c2C)n[nH]1. The van der Waals surface area contributed by atoms with Gasteiger partial charge in [0.1, 0.15) is 5.69 Å². The van der Waals surface area contributed by atoms with E-state index in [0.29, 0.717) is 12.2 Å². The van der Waals surface area contributed by atoms with E-state index in [0.717, 1.165) is 41.2 Å². The number of nitrogens with one attached hydrogen (secondary N) is 1. The van der Waals surface area contributed by atoms with E-state index in [-0.39, 0.29) is 5.91 Å². The van der Waals surface area contributed by atoms with E-state index in [4.69, 9.17) is 0 Å². The third-order valence-electron chi connectivity index (χ3n) is 4.55. The lowest BCUT2D eigenvalue weighted by molar-refractivity contribution is 0.0779. The highest BCUT2D eigenvalue weighted by Crippen LogP contribution is 2.20. The number of aryl methyl sites for hydroxylation is 2. The lowest BCUT2D eigenvalue weighted by atomic mass is 10.1. The fourth-order valence-electron chi connectivity index (χ4n) is 3.10. The summed E-state index contributed by atoms with van der Waals surface area (Å²) in [7, 11) is 1.80. The molecule has 6 heteroatoms. The van der Waals surface area contributed by atoms with E-state index < -0.39 is 0 Å². The van der Waals surface area contributed by atoms with Crippen LogP contribution in [-0.4, -0.2) is 37.8 Å². The maximum Gasteiger partial charge on any atom is 0.274 e. The fourth-order valence-corrected chi connectivity index (χ4v) is 3.10. The van der Waals surface area contributed by atoms with E-state index in [1.807, 2.05) is 54.9 Å². The van der Waals surface area contributed by atoms with Crippen LogP contribution in [0.15, 0.2) is 36.4 Å². The van der Waals surface area contributed by atoms with Gasteiger partial charge in [-0.15, -0.1) is 0 Å². The van der Waals surface area contributed by atoms with Crippen molar-refractivity contribution < 1.29 is 4.79 Å². The Labute approximate surface area is 153 Å². The molecule has 6 nitrogen and oxygen atoms in total. The molecule has 0 fully saturated rings. The number of nitrogens with zero attached hydrogens (tertiary/aromatic N) is 4. The molecule has 1 amide bonds. The van der Waals surface area contributed by atoms with Gasteiger partial charge in [0.2, 0.25) is 0 Å². The smallest absolute Gasteiger partial charge is 0.274 e. The Hall–Kier alpha value is -2.89. The number of benzene rings is 1. The molecule has 0 spiro atoms. The average Bonchev–Trinajstić information content (AvgIpc) is 3.22. The monoisotopic (exact) mass is 351 g/mol. The summed E-state index contributed by atoms with van der Waals surface area (Å²) in [5, 5.41) is 11.7. The Morgan fingerprint density at radius 3 is 2.65 bits per heavy atom. The first-order valence-electron chi connectivity index (χ1n) is 8.91. The molecule has 0 aliphatic heterocycles. The zero-order valence-corrected chi connectivity index (χ0v) is 15.8. The molecule has 0 saturated carbocycles. The number of rotatable bonds is 6. The number of hydrogen-bond donors (Lipinski definition) is 1. The van der Waals surface area contributed by atoms with Gasteiger partial charge in [-0.25, -0.2) is 4.68 Å². The van der Waals surface area contributed by atoms with Crippen molar-refractivity contribution >= 4 is 5.91 Å². The quantitative estimate of drug-likeness (QED) is 0.740. The van der Waals surface area contributed by atoms with Crippen molar-refractivity contribution in [1.82, 2.24) is 24.9 Å². The minimum Gasteiger partial charge on any atom is -0.336 e. The van der Waals surface area contributed by atoms with Crippen LogP contribution in [0.1, 0.15) is 46.5 Å². The number of para-hydroxylation sites is 1. The van der Waals surface area contributed by atoms with Gasteiger partial charge in [-0.05, 0) is 38.5 Å². The van der Waals surface area contributed by atoms with Crippen LogP contribution >= 0.6 is 0 Å². The minimum absolute atomic E-state index is 0.0881. The van der Waals surface area contributed by atoms with Crippen LogP contribution in [0.5, 0.6) is 0 Å². The molecule has 136 valence electrons. The van der Waals surface area contributed by atoms with Crippen molar-refractivity contribution in [3.8, 4) is 5.69 Å². The van der Waals surface area contributed by atoms with Gasteiger partial charge < -0.3 is 4.90 Å². The summed E-state index contributed by atoms with van der Waals surface area (Å²) in [6, 6.07) is 11.9. The maximum absolute atomic E-state index is 12.7. The van der Waals surface area contributed by atoms with Gasteiger partial charge in [0.05, 0.1) is 11.4 Å². The van der Waals surface area contributed by atoms with Crippen molar-refractivity contribution in [3.63, 3.8) is 0 Å². The number of H-pyrrole nitrogens is 1. The predicted molar refractivity (Wildman–Crippen MR) is 101 cm³/mol. The van der Waals surface area contributed by atoms with Crippen LogP contribution in [0.4, 0.5) is 0 Å². The standard InChI is InChI=1S/C20H25N5O/c1-5-9-16-12-19(22-21-16)20(26)24(4)13-18-14(2)23-25(15(18)3)17-10-7-6-8-11-17/h6-8,10-12H,5,9,13H2,1-4H3,(H,21,22). The number of aromatic nitrogens is 4. The first kappa shape index (κ1) is 17.9. The first-order valence-corrected chi connectivity index (χ1v) is 8.91. The Morgan fingerprint density at radius 1 is 1.23 bits per heavy atom. The molecule has 3 aromatic rings. The molecule has 26 heavy (non-hydrogen) atoms. The first-order chi connectivity index (χ1) is 12.5. The Balaban J connectivity index is 1.79. The summed E-state index contributed by atoms with van der Waals surface area (Å²) in [5.74, 6) is -0.0881. The zero-order chi connectivity index (χ0) is 18.7. The predicted octanol–water partition coefficient (Wildman–Crippen LogP) is 3.44. The molecular weight excluding hydrogens is 326 g/mol. The fraction of sp³-hybridized carbons (Fsp3) is 0.350. The van der Waals surface area contributed by atoms with Gasteiger partial charge in [-0.3, -0.25) is 9.89 Å². The Bertz CT molecular complexity index is 894. The molecule has 1 aromatic carbocycles. The van der Waals surface area contributed by atoms with Crippen molar-refractivity contribution in [2.24, 2.45) is 0 Å². The summed E-state index contributed by atoms with van der Waals surface area (Å²) in [4.78, 5) is 14.4. The van der Waals surface area contributed by atoms with Crippen LogP contribution in [0.25, 0.3) is 5.69 Å². The van der Waals surface area contributed by atoms with Crippen LogP contribution in [0.3, 0.4) is 0 Å². The minimum atomic E-state index is -0.0881. The largest absolute Gasteiger partial charge is 0.336 e. The third kappa shape index (κ3) is 3.54. The molecule has 0 atom stereocenters. The van der Waals surface area contributed by atoms with Crippen molar-refractivity contribution in [2.45, 2.75) is 40.2 Å². The number of aromatic amines is 1. The highest BCUT2D eigenvalue weighted by molar-refractivity contribution is 5.92. The van der Waals surface area contributed by atoms with E-state index in [9.17, 15) is 4.79 Å². The Kier molecular flexibility index (Phi) is 5.21. The molecule has 1 N–H and O–H groups in total. The van der Waals surface area contributed by atoms with Gasteiger partial charge in [0, 0.05) is 30.5 Å². The second-order valence-electron chi connectivity index (χ2n) is 6.59. The second-order valence-corrected chi connectivity index (χ2v) is 6.59. The number of carbonyl (C=O) groups excluding carboxylic acids is 1. The van der Waals surface area contributed by atoms with E-state index in [1.54, 1.807) is 11.9 Å². The van der Waals surface area contributed by atoms with Crippen molar-refractivity contribution in [3.05, 3.63) is 64.7 Å². The number of amides is 1. The summed E-state index contributed by atoms with van der Waals surface area (Å²) < 4.78 is 1.93. The number of hydrogen-bond acceptors (Lipinski definition) is 3. The summed E-state index contributed by atoms with van der Waals surface area (Å²) in [6.07, 6.45) is 1.91. The molecule has 0 aliphatic rings. The molecule has 2 heterocycles. The zero-order valence-electron chi connectivity index (χ0n) is 15.8. The molecule has 0 aliphatic carbocycles. The van der Waals surface area contributed by atoms with E-state index >= 15 is 0 Å². The molecule has 0 radical (unpaired) electrons. The lowest BCUT2D eigenvalue weighted by Crippen LogP contribution is -2.27. The number of carbonyl (C=O) groups is 1. The van der Waals surface area contributed by atoms with Gasteiger partial charge in [-0.2, -0.15) is 10.2 Å². The highest BCUT2D eigenvalue weighted by Gasteiger charge is 2.20. The Morgan fingerprint density at radius 2 is 1.96 bits per heavy atom. The van der Waals surface area contributed by atoms with Crippen LogP contribution < -0.4 is 0 Å². The molecular formula is C20H25N5O. The van der Waals surface area contributed by atoms with Gasteiger partial charge in [-0.1, -0.05) is 31.5 Å². The van der Waals surface area contributed by atoms with Crippen molar-refractivity contribution in [2.75, 3.05) is 7.05 Å².